The smallest absolute Gasteiger partial charge is 0.343 e. The van der Waals surface area contributed by atoms with Gasteiger partial charge >= 0.3 is 5.97 Å². The first-order valence-corrected chi connectivity index (χ1v) is 13.2. The molecule has 2 N–H and O–H groups in total. The van der Waals surface area contributed by atoms with Gasteiger partial charge in [-0.2, -0.15) is 4.98 Å². The van der Waals surface area contributed by atoms with E-state index < -0.39 is 5.97 Å². The van der Waals surface area contributed by atoms with E-state index in [1.807, 2.05) is 52.8 Å². The van der Waals surface area contributed by atoms with E-state index in [9.17, 15) is 4.79 Å². The van der Waals surface area contributed by atoms with Gasteiger partial charge in [0.25, 0.3) is 0 Å². The van der Waals surface area contributed by atoms with Crippen LogP contribution in [0.4, 0.5) is 23.1 Å². The van der Waals surface area contributed by atoms with Crippen LogP contribution in [0.3, 0.4) is 0 Å². The lowest BCUT2D eigenvalue weighted by Gasteiger charge is -2.30. The summed E-state index contributed by atoms with van der Waals surface area (Å²) in [6, 6.07) is 5.91. The van der Waals surface area contributed by atoms with E-state index in [1.54, 1.807) is 27.2 Å². The number of carbonyl (C=O) groups excluding carboxylic acids is 1. The Hall–Kier alpha value is -3.62. The molecular formula is C28H44N6O3. The fraction of sp³-hybridized carbons (Fsp3) is 0.500. The molecule has 1 saturated heterocycles. The molecule has 0 amide bonds. The Labute approximate surface area is 222 Å². The van der Waals surface area contributed by atoms with Gasteiger partial charge < -0.3 is 25.0 Å². The number of carbonyl (C=O) groups is 1. The number of piperidine rings is 1. The predicted molar refractivity (Wildman–Crippen MR) is 155 cm³/mol. The zero-order valence-corrected chi connectivity index (χ0v) is 23.7. The Morgan fingerprint density at radius 3 is 2.46 bits per heavy atom. The normalized spacial score (nSPS) is 13.1. The van der Waals surface area contributed by atoms with Crippen LogP contribution < -0.4 is 20.3 Å². The van der Waals surface area contributed by atoms with Crippen molar-refractivity contribution in [2.45, 2.75) is 60.8 Å². The molecule has 0 aliphatic carbocycles. The molecule has 1 aliphatic heterocycles. The quantitative estimate of drug-likeness (QED) is 0.236. The monoisotopic (exact) mass is 512 g/mol. The van der Waals surface area contributed by atoms with Gasteiger partial charge in [0.15, 0.2) is 11.6 Å². The number of hydrogen-bond donors (Lipinski definition) is 2. The Bertz CT molecular complexity index is 1020. The third-order valence-corrected chi connectivity index (χ3v) is 5.24. The maximum atomic E-state index is 12.6. The van der Waals surface area contributed by atoms with Gasteiger partial charge in [0.1, 0.15) is 11.4 Å². The van der Waals surface area contributed by atoms with Crippen LogP contribution in [0.15, 0.2) is 41.5 Å². The lowest BCUT2D eigenvalue weighted by atomic mass is 10.1. The number of anilines is 4. The standard InChI is InChI=1S/C24H32N6O3.2C2H6/c1-5-11-20(25-3)28-24-26-16-17(23(31)33-6-2)22(29-24)27-18-12-10-13-19(21(18)32-4)30-14-8-7-9-15-30;2*1-2/h5,10-13,16H,6-9,14-15H2,1-4H3,(H2,25,26,27,28,29);2*1-2H3/b11-5-;;. The second-order valence-corrected chi connectivity index (χ2v) is 7.44. The minimum atomic E-state index is -0.504. The molecule has 0 bridgehead atoms. The molecule has 0 saturated carbocycles. The number of para-hydroxylation sites is 1. The molecule has 0 spiro atoms. The van der Waals surface area contributed by atoms with Crippen molar-refractivity contribution in [2.75, 3.05) is 49.4 Å². The Kier molecular flexibility index (Phi) is 15.1. The number of hydrogen-bond acceptors (Lipinski definition) is 8. The molecule has 204 valence electrons. The zero-order valence-electron chi connectivity index (χ0n) is 23.7. The summed E-state index contributed by atoms with van der Waals surface area (Å²) >= 11 is 0. The van der Waals surface area contributed by atoms with Crippen molar-refractivity contribution >= 4 is 34.9 Å². The van der Waals surface area contributed by atoms with Gasteiger partial charge in [0, 0.05) is 26.3 Å². The first-order valence-electron chi connectivity index (χ1n) is 13.2. The SMILES string of the molecule is C/C=C\C(=NC)Nc1ncc(C(=O)OCC)c(Nc2cccc(N3CCCCC3)c2OC)n1.CC.CC. The van der Waals surface area contributed by atoms with Crippen LogP contribution in [0.25, 0.3) is 0 Å². The van der Waals surface area contributed by atoms with Crippen LogP contribution in [-0.4, -0.2) is 55.6 Å². The fourth-order valence-corrected chi connectivity index (χ4v) is 3.69. The highest BCUT2D eigenvalue weighted by molar-refractivity contribution is 6.03. The van der Waals surface area contributed by atoms with Gasteiger partial charge in [-0.15, -0.1) is 0 Å². The topological polar surface area (TPSA) is 101 Å². The molecule has 1 aliphatic rings. The summed E-state index contributed by atoms with van der Waals surface area (Å²) in [5, 5.41) is 6.33. The van der Waals surface area contributed by atoms with Crippen LogP contribution in [0, 0.1) is 0 Å². The molecule has 37 heavy (non-hydrogen) atoms. The molecule has 2 heterocycles. The molecule has 0 radical (unpaired) electrons. The minimum Gasteiger partial charge on any atom is -0.492 e. The van der Waals surface area contributed by atoms with Crippen LogP contribution in [0.1, 0.15) is 71.2 Å². The lowest BCUT2D eigenvalue weighted by Crippen LogP contribution is -2.29. The van der Waals surface area contributed by atoms with E-state index in [-0.39, 0.29) is 12.2 Å². The number of benzene rings is 1. The van der Waals surface area contributed by atoms with Crippen LogP contribution in [-0.2, 0) is 4.74 Å². The van der Waals surface area contributed by atoms with Crippen molar-refractivity contribution in [3.8, 4) is 5.75 Å². The van der Waals surface area contributed by atoms with Gasteiger partial charge in [-0.05, 0) is 51.3 Å². The Morgan fingerprint density at radius 1 is 1.16 bits per heavy atom. The number of allylic oxidation sites excluding steroid dienone is 1. The van der Waals surface area contributed by atoms with Crippen molar-refractivity contribution in [3.63, 3.8) is 0 Å². The van der Waals surface area contributed by atoms with Crippen molar-refractivity contribution in [1.82, 2.24) is 9.97 Å². The predicted octanol–water partition coefficient (Wildman–Crippen LogP) is 6.46. The van der Waals surface area contributed by atoms with Crippen LogP contribution in [0.2, 0.25) is 0 Å². The first kappa shape index (κ1) is 31.4. The van der Waals surface area contributed by atoms with Crippen molar-refractivity contribution in [1.29, 1.82) is 0 Å². The maximum Gasteiger partial charge on any atom is 0.343 e. The molecule has 2 aromatic rings. The molecule has 1 aromatic carbocycles. The number of aliphatic imine (C=N–C) groups is 1. The highest BCUT2D eigenvalue weighted by atomic mass is 16.5. The van der Waals surface area contributed by atoms with E-state index in [2.05, 4.69) is 36.6 Å². The average Bonchev–Trinajstić information content (AvgIpc) is 2.95. The molecular weight excluding hydrogens is 468 g/mol. The van der Waals surface area contributed by atoms with Gasteiger partial charge in [0.2, 0.25) is 5.95 Å². The third kappa shape index (κ3) is 9.08. The Balaban J connectivity index is 0.00000163. The van der Waals surface area contributed by atoms with Gasteiger partial charge in [-0.3, -0.25) is 4.99 Å². The van der Waals surface area contributed by atoms with Gasteiger partial charge in [-0.25, -0.2) is 9.78 Å². The third-order valence-electron chi connectivity index (χ3n) is 5.24. The number of nitrogens with zero attached hydrogens (tertiary/aromatic N) is 4. The highest BCUT2D eigenvalue weighted by Crippen LogP contribution is 2.38. The van der Waals surface area contributed by atoms with Gasteiger partial charge in [0.05, 0.1) is 25.1 Å². The summed E-state index contributed by atoms with van der Waals surface area (Å²) in [4.78, 5) is 27.9. The number of nitrogens with one attached hydrogen (secondary N) is 2. The molecule has 1 aromatic heterocycles. The number of methoxy groups -OCH3 is 1. The molecule has 1 fully saturated rings. The number of aromatic nitrogens is 2. The van der Waals surface area contributed by atoms with Crippen molar-refractivity contribution in [3.05, 3.63) is 42.1 Å². The average molecular weight is 513 g/mol. The first-order chi connectivity index (χ1) is 18.1. The van der Waals surface area contributed by atoms with Crippen molar-refractivity contribution < 1.29 is 14.3 Å². The van der Waals surface area contributed by atoms with Crippen LogP contribution in [0.5, 0.6) is 5.75 Å². The minimum absolute atomic E-state index is 0.230. The summed E-state index contributed by atoms with van der Waals surface area (Å²) in [6.07, 6.45) is 8.66. The van der Waals surface area contributed by atoms with E-state index in [0.29, 0.717) is 29.0 Å². The lowest BCUT2D eigenvalue weighted by molar-refractivity contribution is 0.0526. The summed E-state index contributed by atoms with van der Waals surface area (Å²) in [5.74, 6) is 1.41. The van der Waals surface area contributed by atoms with E-state index in [4.69, 9.17) is 9.47 Å². The van der Waals surface area contributed by atoms with Gasteiger partial charge in [-0.1, -0.05) is 39.8 Å². The summed E-state index contributed by atoms with van der Waals surface area (Å²) in [6.45, 7) is 13.9. The van der Waals surface area contributed by atoms with E-state index in [0.717, 1.165) is 31.6 Å². The maximum absolute atomic E-state index is 12.6. The second-order valence-electron chi connectivity index (χ2n) is 7.44. The van der Waals surface area contributed by atoms with Crippen LogP contribution >= 0.6 is 0 Å². The summed E-state index contributed by atoms with van der Waals surface area (Å²) in [5.41, 5.74) is 1.95. The number of rotatable bonds is 8. The van der Waals surface area contributed by atoms with E-state index >= 15 is 0 Å². The van der Waals surface area contributed by atoms with Crippen molar-refractivity contribution in [2.24, 2.45) is 4.99 Å². The Morgan fingerprint density at radius 2 is 1.86 bits per heavy atom. The second kappa shape index (κ2) is 17.8. The molecule has 0 unspecified atom stereocenters. The summed E-state index contributed by atoms with van der Waals surface area (Å²) in [7, 11) is 3.32. The number of esters is 1. The molecule has 0 atom stereocenters. The molecule has 3 rings (SSSR count). The summed E-state index contributed by atoms with van der Waals surface area (Å²) < 4.78 is 11.0. The zero-order chi connectivity index (χ0) is 27.6. The fourth-order valence-electron chi connectivity index (χ4n) is 3.69. The molecule has 9 heteroatoms. The van der Waals surface area contributed by atoms with E-state index in [1.165, 1.54) is 12.6 Å². The number of ether oxygens (including phenoxy) is 2. The largest absolute Gasteiger partial charge is 0.492 e. The molecule has 9 nitrogen and oxygen atoms in total. The highest BCUT2D eigenvalue weighted by Gasteiger charge is 2.21. The number of amidine groups is 1.